The zero-order valence-corrected chi connectivity index (χ0v) is 12.6. The molecule has 4 heteroatoms. The highest BCUT2D eigenvalue weighted by atomic mass is 32.1. The first-order chi connectivity index (χ1) is 11.2. The molecule has 4 rings (SSSR count). The van der Waals surface area contributed by atoms with Crippen LogP contribution >= 0.6 is 11.3 Å². The van der Waals surface area contributed by atoms with Gasteiger partial charge in [-0.25, -0.2) is 0 Å². The summed E-state index contributed by atoms with van der Waals surface area (Å²) < 4.78 is 1.03. The Kier molecular flexibility index (Phi) is 2.87. The van der Waals surface area contributed by atoms with E-state index in [1.165, 1.54) is 0 Å². The monoisotopic (exact) mass is 312 g/mol. The van der Waals surface area contributed by atoms with Crippen molar-refractivity contribution in [3.05, 3.63) is 75.7 Å². The van der Waals surface area contributed by atoms with E-state index in [2.05, 4.69) is 0 Å². The van der Waals surface area contributed by atoms with Gasteiger partial charge in [-0.2, -0.15) is 10.5 Å². The largest absolute Gasteiger partial charge is 0.289 e. The highest BCUT2D eigenvalue weighted by Crippen LogP contribution is 2.40. The number of nitriles is 2. The van der Waals surface area contributed by atoms with Crippen LogP contribution in [0.2, 0.25) is 0 Å². The molecule has 1 aliphatic rings. The Balaban J connectivity index is 2.19. The third-order valence-electron chi connectivity index (χ3n) is 4.02. The molecule has 0 N–H and O–H groups in total. The summed E-state index contributed by atoms with van der Waals surface area (Å²) in [6.45, 7) is 0. The quantitative estimate of drug-likeness (QED) is 0.455. The van der Waals surface area contributed by atoms with E-state index >= 15 is 0 Å². The second kappa shape index (κ2) is 4.91. The van der Waals surface area contributed by atoms with E-state index < -0.39 is 0 Å². The van der Waals surface area contributed by atoms with Crippen molar-refractivity contribution >= 4 is 32.8 Å². The molecular weight excluding hydrogens is 304 g/mol. The molecule has 0 radical (unpaired) electrons. The molecule has 0 aliphatic heterocycles. The Hall–Kier alpha value is -3.21. The van der Waals surface area contributed by atoms with Gasteiger partial charge >= 0.3 is 0 Å². The predicted octanol–water partition coefficient (Wildman–Crippen LogP) is 4.29. The van der Waals surface area contributed by atoms with Gasteiger partial charge in [0.1, 0.15) is 17.7 Å². The lowest BCUT2D eigenvalue weighted by atomic mass is 9.79. The molecule has 2 aromatic carbocycles. The lowest BCUT2D eigenvalue weighted by molar-refractivity contribution is 0.103. The molecule has 0 amide bonds. The minimum absolute atomic E-state index is 0.0297. The Labute approximate surface area is 136 Å². The smallest absolute Gasteiger partial charge is 0.194 e. The second-order valence-electron chi connectivity index (χ2n) is 5.20. The van der Waals surface area contributed by atoms with E-state index in [1.807, 2.05) is 41.8 Å². The first-order valence-corrected chi connectivity index (χ1v) is 7.82. The normalized spacial score (nSPS) is 12.3. The van der Waals surface area contributed by atoms with Gasteiger partial charge in [0.25, 0.3) is 0 Å². The van der Waals surface area contributed by atoms with Crippen molar-refractivity contribution < 1.29 is 4.79 Å². The molecule has 1 heterocycles. The molecule has 0 saturated heterocycles. The molecule has 0 fully saturated rings. The summed E-state index contributed by atoms with van der Waals surface area (Å²) in [4.78, 5) is 12.8. The maximum Gasteiger partial charge on any atom is 0.194 e. The maximum atomic E-state index is 12.8. The molecule has 0 atom stereocenters. The molecule has 3 nitrogen and oxygen atoms in total. The van der Waals surface area contributed by atoms with Crippen molar-refractivity contribution in [2.24, 2.45) is 0 Å². The van der Waals surface area contributed by atoms with Gasteiger partial charge in [-0.1, -0.05) is 24.3 Å². The van der Waals surface area contributed by atoms with Crippen molar-refractivity contribution in [1.29, 1.82) is 10.5 Å². The zero-order chi connectivity index (χ0) is 16.0. The number of hydrogen-bond donors (Lipinski definition) is 0. The topological polar surface area (TPSA) is 64.7 Å². The van der Waals surface area contributed by atoms with Crippen LogP contribution in [0.1, 0.15) is 27.0 Å². The molecule has 0 saturated carbocycles. The summed E-state index contributed by atoms with van der Waals surface area (Å²) in [5.74, 6) is -0.0670. The van der Waals surface area contributed by atoms with Crippen LogP contribution in [0.3, 0.4) is 0 Å². The van der Waals surface area contributed by atoms with E-state index in [-0.39, 0.29) is 11.4 Å². The Morgan fingerprint density at radius 1 is 0.913 bits per heavy atom. The number of thiophene rings is 1. The predicted molar refractivity (Wildman–Crippen MR) is 88.9 cm³/mol. The summed E-state index contributed by atoms with van der Waals surface area (Å²) >= 11 is 1.57. The number of allylic oxidation sites excluding steroid dienone is 1. The van der Waals surface area contributed by atoms with Crippen LogP contribution in [0, 0.1) is 22.7 Å². The highest BCUT2D eigenvalue weighted by molar-refractivity contribution is 7.17. The Morgan fingerprint density at radius 3 is 2.39 bits per heavy atom. The van der Waals surface area contributed by atoms with E-state index in [0.717, 1.165) is 10.1 Å². The van der Waals surface area contributed by atoms with Gasteiger partial charge in [-0.3, -0.25) is 4.79 Å². The van der Waals surface area contributed by atoms with E-state index in [1.54, 1.807) is 29.5 Å². The highest BCUT2D eigenvalue weighted by Gasteiger charge is 2.29. The van der Waals surface area contributed by atoms with Crippen LogP contribution in [-0.2, 0) is 0 Å². The van der Waals surface area contributed by atoms with Gasteiger partial charge in [0, 0.05) is 21.4 Å². The molecule has 0 spiro atoms. The maximum absolute atomic E-state index is 12.8. The summed E-state index contributed by atoms with van der Waals surface area (Å²) in [5.41, 5.74) is 2.98. The van der Waals surface area contributed by atoms with Gasteiger partial charge in [0.05, 0.1) is 0 Å². The fourth-order valence-corrected chi connectivity index (χ4v) is 3.81. The lowest BCUT2D eigenvalue weighted by Gasteiger charge is -2.21. The van der Waals surface area contributed by atoms with Crippen LogP contribution in [0.25, 0.3) is 15.7 Å². The van der Waals surface area contributed by atoms with Crippen LogP contribution in [0.15, 0.2) is 53.4 Å². The van der Waals surface area contributed by atoms with Gasteiger partial charge in [0.15, 0.2) is 5.78 Å². The van der Waals surface area contributed by atoms with Crippen molar-refractivity contribution in [2.75, 3.05) is 0 Å². The van der Waals surface area contributed by atoms with Crippen LogP contribution < -0.4 is 0 Å². The van der Waals surface area contributed by atoms with E-state index in [9.17, 15) is 15.3 Å². The molecule has 23 heavy (non-hydrogen) atoms. The fourth-order valence-electron chi connectivity index (χ4n) is 3.00. The summed E-state index contributed by atoms with van der Waals surface area (Å²) in [7, 11) is 0. The second-order valence-corrected chi connectivity index (χ2v) is 6.15. The molecule has 0 unspecified atom stereocenters. The van der Waals surface area contributed by atoms with Crippen LogP contribution in [0.4, 0.5) is 0 Å². The number of rotatable bonds is 0. The van der Waals surface area contributed by atoms with Gasteiger partial charge in [0.2, 0.25) is 0 Å². The van der Waals surface area contributed by atoms with Crippen molar-refractivity contribution in [3.63, 3.8) is 0 Å². The fraction of sp³-hybridized carbons (Fsp3) is 0. The van der Waals surface area contributed by atoms with Crippen LogP contribution in [0.5, 0.6) is 0 Å². The van der Waals surface area contributed by atoms with Gasteiger partial charge < -0.3 is 0 Å². The molecule has 1 aliphatic carbocycles. The number of ketones is 1. The van der Waals surface area contributed by atoms with Crippen molar-refractivity contribution in [3.8, 4) is 12.1 Å². The molecular formula is C19H8N2OS. The van der Waals surface area contributed by atoms with Gasteiger partial charge in [-0.05, 0) is 40.1 Å². The first-order valence-electron chi connectivity index (χ1n) is 6.95. The average Bonchev–Trinajstić information content (AvgIpc) is 3.04. The summed E-state index contributed by atoms with van der Waals surface area (Å²) in [6.07, 6.45) is 0. The Bertz CT molecular complexity index is 1090. The minimum Gasteiger partial charge on any atom is -0.289 e. The number of hydrogen-bond acceptors (Lipinski definition) is 4. The molecule has 1 aromatic heterocycles. The summed E-state index contributed by atoms with van der Waals surface area (Å²) in [6, 6.07) is 16.8. The van der Waals surface area contributed by atoms with E-state index in [0.29, 0.717) is 27.8 Å². The number of nitrogens with zero attached hydrogens (tertiary/aromatic N) is 2. The number of carbonyl (C=O) groups excluding carboxylic acids is 1. The van der Waals surface area contributed by atoms with E-state index in [4.69, 9.17) is 0 Å². The lowest BCUT2D eigenvalue weighted by Crippen LogP contribution is -2.15. The van der Waals surface area contributed by atoms with Crippen molar-refractivity contribution in [1.82, 2.24) is 0 Å². The zero-order valence-electron chi connectivity index (χ0n) is 11.8. The molecule has 106 valence electrons. The Morgan fingerprint density at radius 2 is 1.65 bits per heavy atom. The first kappa shape index (κ1) is 13.5. The SMILES string of the molecule is N#CC(C#N)=C1c2ccccc2C(=O)c2cc3ccsc3cc21. The third-order valence-corrected chi connectivity index (χ3v) is 4.90. The van der Waals surface area contributed by atoms with Crippen LogP contribution in [-0.4, -0.2) is 5.78 Å². The van der Waals surface area contributed by atoms with Gasteiger partial charge in [-0.15, -0.1) is 11.3 Å². The third kappa shape index (κ3) is 1.83. The molecule has 3 aromatic rings. The number of carbonyl (C=O) groups is 1. The number of benzene rings is 2. The summed E-state index contributed by atoms with van der Waals surface area (Å²) in [5, 5.41) is 21.7. The standard InChI is InChI=1S/C19H8N2OS/c20-9-12(10-21)18-13-3-1-2-4-14(13)19(22)16-7-11-5-6-23-17(11)8-15(16)18/h1-8H. The molecule has 0 bridgehead atoms. The minimum atomic E-state index is -0.0670. The van der Waals surface area contributed by atoms with Crippen molar-refractivity contribution in [2.45, 2.75) is 0 Å². The average molecular weight is 312 g/mol. The number of fused-ring (bicyclic) bond motifs is 3.